The maximum absolute atomic E-state index is 11.6. The normalized spacial score (nSPS) is 18.9. The van der Waals surface area contributed by atoms with Gasteiger partial charge in [-0.25, -0.2) is 0 Å². The molecule has 0 amide bonds. The maximum atomic E-state index is 11.6. The number of rotatable bonds is 1. The zero-order valence-electron chi connectivity index (χ0n) is 10.9. The molecule has 0 saturated heterocycles. The monoisotopic (exact) mass is 226 g/mol. The highest BCUT2D eigenvalue weighted by atomic mass is 16.3. The van der Waals surface area contributed by atoms with Crippen LogP contribution in [0.4, 0.5) is 0 Å². The lowest BCUT2D eigenvalue weighted by atomic mass is 9.73. The van der Waals surface area contributed by atoms with E-state index in [-0.39, 0.29) is 28.3 Å². The summed E-state index contributed by atoms with van der Waals surface area (Å²) < 4.78 is 0. The molecule has 1 fully saturated rings. The number of ketones is 2. The minimum Gasteiger partial charge on any atom is -0.511 e. The molecule has 1 aliphatic carbocycles. The molecule has 0 atom stereocenters. The molecular weight excluding hydrogens is 204 g/mol. The van der Waals surface area contributed by atoms with Gasteiger partial charge < -0.3 is 5.11 Å². The fraction of sp³-hybridized carbons (Fsp3) is 0.692. The molecule has 0 aliphatic heterocycles. The molecule has 16 heavy (non-hydrogen) atoms. The molecular formula is C13H22O3. The summed E-state index contributed by atoms with van der Waals surface area (Å²) in [5.41, 5.74) is -0.224. The summed E-state index contributed by atoms with van der Waals surface area (Å²) in [6.07, 6.45) is 1.03. The van der Waals surface area contributed by atoms with Gasteiger partial charge in [0.25, 0.3) is 0 Å². The highest BCUT2D eigenvalue weighted by Crippen LogP contribution is 2.34. The first-order chi connectivity index (χ1) is 7.37. The summed E-state index contributed by atoms with van der Waals surface area (Å²) in [6.45, 7) is 9.51. The van der Waals surface area contributed by atoms with E-state index < -0.39 is 0 Å². The second-order valence-electron chi connectivity index (χ2n) is 4.54. The zero-order chi connectivity index (χ0) is 12.9. The van der Waals surface area contributed by atoms with E-state index in [9.17, 15) is 14.7 Å². The van der Waals surface area contributed by atoms with Crippen LogP contribution in [0.1, 0.15) is 53.9 Å². The number of aliphatic hydroxyl groups excluding tert-OH is 1. The van der Waals surface area contributed by atoms with Crippen LogP contribution in [0.3, 0.4) is 0 Å². The quantitative estimate of drug-likeness (QED) is 0.424. The number of hydrogen-bond acceptors (Lipinski definition) is 3. The highest BCUT2D eigenvalue weighted by Gasteiger charge is 2.37. The summed E-state index contributed by atoms with van der Waals surface area (Å²) in [4.78, 5) is 23.2. The largest absolute Gasteiger partial charge is 0.511 e. The predicted octanol–water partition coefficient (Wildman–Crippen LogP) is 3.19. The van der Waals surface area contributed by atoms with Crippen molar-refractivity contribution in [3.8, 4) is 0 Å². The first-order valence-corrected chi connectivity index (χ1v) is 5.86. The lowest BCUT2D eigenvalue weighted by Crippen LogP contribution is -2.32. The minimum absolute atomic E-state index is 0.0341. The molecule has 1 saturated carbocycles. The highest BCUT2D eigenvalue weighted by molar-refractivity contribution is 6.22. The van der Waals surface area contributed by atoms with Crippen molar-refractivity contribution < 1.29 is 14.7 Å². The van der Waals surface area contributed by atoms with Gasteiger partial charge in [0.1, 0.15) is 5.76 Å². The van der Waals surface area contributed by atoms with E-state index in [1.807, 2.05) is 27.7 Å². The molecule has 0 aromatic rings. The van der Waals surface area contributed by atoms with E-state index in [4.69, 9.17) is 0 Å². The predicted molar refractivity (Wildman–Crippen MR) is 64.3 cm³/mol. The van der Waals surface area contributed by atoms with Crippen LogP contribution in [0.5, 0.6) is 0 Å². The average Bonchev–Trinajstić information content (AvgIpc) is 2.17. The Balaban J connectivity index is 0.00000106. The number of Topliss-reactive ketones (excluding diaryl/α,β-unsaturated/α-hetero) is 2. The van der Waals surface area contributed by atoms with Crippen molar-refractivity contribution in [3.05, 3.63) is 11.3 Å². The van der Waals surface area contributed by atoms with Crippen LogP contribution in [-0.2, 0) is 9.59 Å². The summed E-state index contributed by atoms with van der Waals surface area (Å²) >= 11 is 0. The topological polar surface area (TPSA) is 54.4 Å². The average molecular weight is 226 g/mol. The Morgan fingerprint density at radius 1 is 1.19 bits per heavy atom. The standard InChI is InChI=1S/C11H16O3.C2H6/c1-4-7(12)10-8(13)5-11(2,3)6-9(10)14;1-2/h12H,4-6H2,1-3H3;1-2H3. The Hall–Kier alpha value is -1.12. The van der Waals surface area contributed by atoms with Gasteiger partial charge in [-0.15, -0.1) is 0 Å². The van der Waals surface area contributed by atoms with Crippen molar-refractivity contribution in [2.45, 2.75) is 53.9 Å². The van der Waals surface area contributed by atoms with Crippen molar-refractivity contribution in [1.29, 1.82) is 0 Å². The van der Waals surface area contributed by atoms with Crippen LogP contribution >= 0.6 is 0 Å². The smallest absolute Gasteiger partial charge is 0.170 e. The Morgan fingerprint density at radius 2 is 1.56 bits per heavy atom. The summed E-state index contributed by atoms with van der Waals surface area (Å²) in [5.74, 6) is -0.494. The Bertz CT molecular complexity index is 289. The van der Waals surface area contributed by atoms with Gasteiger partial charge in [0, 0.05) is 19.3 Å². The van der Waals surface area contributed by atoms with Gasteiger partial charge in [0.05, 0.1) is 5.57 Å². The van der Waals surface area contributed by atoms with E-state index in [0.717, 1.165) is 0 Å². The van der Waals surface area contributed by atoms with Crippen LogP contribution < -0.4 is 0 Å². The van der Waals surface area contributed by atoms with Gasteiger partial charge in [-0.2, -0.15) is 0 Å². The van der Waals surface area contributed by atoms with E-state index in [2.05, 4.69) is 0 Å². The molecule has 0 heterocycles. The minimum atomic E-state index is -0.258. The lowest BCUT2D eigenvalue weighted by molar-refractivity contribution is -0.127. The van der Waals surface area contributed by atoms with Gasteiger partial charge in [-0.05, 0) is 5.41 Å². The lowest BCUT2D eigenvalue weighted by Gasteiger charge is -2.28. The van der Waals surface area contributed by atoms with Crippen LogP contribution in [0, 0.1) is 5.41 Å². The van der Waals surface area contributed by atoms with Crippen molar-refractivity contribution in [1.82, 2.24) is 0 Å². The number of hydrogen-bond donors (Lipinski definition) is 1. The molecule has 0 spiro atoms. The van der Waals surface area contributed by atoms with Crippen LogP contribution in [0.2, 0.25) is 0 Å². The number of carbonyl (C=O) groups excluding carboxylic acids is 2. The molecule has 0 bridgehead atoms. The summed E-state index contributed by atoms with van der Waals surface area (Å²) in [7, 11) is 0. The Kier molecular flexibility index (Phi) is 5.42. The third kappa shape index (κ3) is 3.47. The molecule has 3 heteroatoms. The van der Waals surface area contributed by atoms with Gasteiger partial charge in [-0.3, -0.25) is 9.59 Å². The van der Waals surface area contributed by atoms with Gasteiger partial charge in [0.2, 0.25) is 0 Å². The third-order valence-corrected chi connectivity index (χ3v) is 2.46. The first-order valence-electron chi connectivity index (χ1n) is 5.86. The molecule has 0 unspecified atom stereocenters. The second-order valence-corrected chi connectivity index (χ2v) is 4.54. The first kappa shape index (κ1) is 14.9. The Morgan fingerprint density at radius 3 is 1.88 bits per heavy atom. The van der Waals surface area contributed by atoms with Crippen LogP contribution in [-0.4, -0.2) is 16.7 Å². The van der Waals surface area contributed by atoms with Crippen molar-refractivity contribution in [2.75, 3.05) is 0 Å². The van der Waals surface area contributed by atoms with E-state index in [1.54, 1.807) is 6.92 Å². The van der Waals surface area contributed by atoms with Gasteiger partial charge in [-0.1, -0.05) is 34.6 Å². The molecule has 0 radical (unpaired) electrons. The fourth-order valence-corrected chi connectivity index (χ4v) is 1.76. The van der Waals surface area contributed by atoms with Crippen LogP contribution in [0.15, 0.2) is 11.3 Å². The molecule has 0 aromatic heterocycles. The van der Waals surface area contributed by atoms with Crippen molar-refractivity contribution in [2.24, 2.45) is 5.41 Å². The number of allylic oxidation sites excluding steroid dienone is 2. The molecule has 1 aliphatic rings. The molecule has 1 rings (SSSR count). The zero-order valence-corrected chi connectivity index (χ0v) is 10.9. The second kappa shape index (κ2) is 5.83. The maximum Gasteiger partial charge on any atom is 0.170 e. The van der Waals surface area contributed by atoms with Crippen LogP contribution in [0.25, 0.3) is 0 Å². The molecule has 0 aromatic carbocycles. The molecule has 1 N–H and O–H groups in total. The van der Waals surface area contributed by atoms with Crippen molar-refractivity contribution in [3.63, 3.8) is 0 Å². The Labute approximate surface area is 97.5 Å². The third-order valence-electron chi connectivity index (χ3n) is 2.46. The van der Waals surface area contributed by atoms with Gasteiger partial charge in [0.15, 0.2) is 11.6 Å². The summed E-state index contributed by atoms with van der Waals surface area (Å²) in [6, 6.07) is 0. The van der Waals surface area contributed by atoms with Crippen molar-refractivity contribution >= 4 is 11.6 Å². The number of carbonyl (C=O) groups is 2. The van der Waals surface area contributed by atoms with E-state index >= 15 is 0 Å². The summed E-state index contributed by atoms with van der Waals surface area (Å²) in [5, 5.41) is 9.43. The number of aliphatic hydroxyl groups is 1. The molecule has 92 valence electrons. The molecule has 3 nitrogen and oxygen atoms in total. The van der Waals surface area contributed by atoms with Gasteiger partial charge >= 0.3 is 0 Å². The van der Waals surface area contributed by atoms with E-state index in [1.165, 1.54) is 0 Å². The SMILES string of the molecule is CC.CCC(O)=C1C(=O)CC(C)(C)CC1=O. The fourth-order valence-electron chi connectivity index (χ4n) is 1.76. The van der Waals surface area contributed by atoms with E-state index in [0.29, 0.717) is 19.3 Å².